The third kappa shape index (κ3) is 3.54. The minimum atomic E-state index is -0.759. The number of aromatic nitrogens is 1. The minimum absolute atomic E-state index is 0.234. The molecular formula is C23H30N2O3. The van der Waals surface area contributed by atoms with Gasteiger partial charge in [-0.3, -0.25) is 9.88 Å². The molecule has 2 bridgehead atoms. The normalized spacial score (nSPS) is 27.5. The number of hydrogen-bond donors (Lipinski definition) is 1. The fraction of sp³-hybridized carbons (Fsp3) is 0.522. The number of pyridine rings is 1. The summed E-state index contributed by atoms with van der Waals surface area (Å²) in [5, 5.41) is 11.7. The number of ether oxygens (including phenoxy) is 2. The number of nitrogens with zero attached hydrogens (tertiary/aromatic N) is 2. The van der Waals surface area contributed by atoms with E-state index in [0.717, 1.165) is 49.4 Å². The van der Waals surface area contributed by atoms with Crippen LogP contribution in [-0.4, -0.2) is 42.3 Å². The lowest BCUT2D eigenvalue weighted by molar-refractivity contribution is -0.148. The Balaban J connectivity index is 1.56. The molecular weight excluding hydrogens is 352 g/mol. The summed E-state index contributed by atoms with van der Waals surface area (Å²) in [7, 11) is 3.44. The topological polar surface area (TPSA) is 54.8 Å². The Bertz CT molecular complexity index is 782. The molecule has 1 unspecified atom stereocenters. The van der Waals surface area contributed by atoms with Crippen molar-refractivity contribution in [3.8, 4) is 5.75 Å². The summed E-state index contributed by atoms with van der Waals surface area (Å²) in [5.41, 5.74) is 2.55. The fourth-order valence-electron chi connectivity index (χ4n) is 5.20. The maximum absolute atomic E-state index is 11.7. The van der Waals surface area contributed by atoms with Gasteiger partial charge in [0.1, 0.15) is 5.75 Å². The van der Waals surface area contributed by atoms with Crippen LogP contribution in [0.15, 0.2) is 42.7 Å². The van der Waals surface area contributed by atoms with Crippen molar-refractivity contribution in [3.05, 3.63) is 59.4 Å². The van der Waals surface area contributed by atoms with Gasteiger partial charge in [-0.1, -0.05) is 18.6 Å². The standard InChI is InChI=1S/C23H30N2O3/c1-27-16-17-8-9-22(28-2)18(11-17)13-25-14-20-5-3-6-21(15-25)23(20,26)19-7-4-10-24-12-19/h4,7-12,20-21,26H,3,5-6,13-16H2,1-2H3/t20-,21+,23?. The summed E-state index contributed by atoms with van der Waals surface area (Å²) in [5.74, 6) is 1.38. The molecule has 1 aromatic carbocycles. The van der Waals surface area contributed by atoms with E-state index >= 15 is 0 Å². The van der Waals surface area contributed by atoms with Crippen molar-refractivity contribution in [1.82, 2.24) is 9.88 Å². The highest BCUT2D eigenvalue weighted by molar-refractivity contribution is 5.37. The van der Waals surface area contributed by atoms with Crippen molar-refractivity contribution in [3.63, 3.8) is 0 Å². The molecule has 4 rings (SSSR count). The van der Waals surface area contributed by atoms with E-state index in [9.17, 15) is 5.11 Å². The zero-order valence-corrected chi connectivity index (χ0v) is 16.8. The fourth-order valence-corrected chi connectivity index (χ4v) is 5.20. The van der Waals surface area contributed by atoms with E-state index in [1.165, 1.54) is 12.0 Å². The molecule has 5 nitrogen and oxygen atoms in total. The zero-order chi connectivity index (χ0) is 19.6. The van der Waals surface area contributed by atoms with Crippen LogP contribution < -0.4 is 4.74 Å². The molecule has 1 saturated heterocycles. The van der Waals surface area contributed by atoms with Gasteiger partial charge in [-0.05, 0) is 36.6 Å². The molecule has 1 aromatic heterocycles. The highest BCUT2D eigenvalue weighted by atomic mass is 16.5. The van der Waals surface area contributed by atoms with Crippen LogP contribution in [0, 0.1) is 11.8 Å². The van der Waals surface area contributed by atoms with Gasteiger partial charge < -0.3 is 14.6 Å². The van der Waals surface area contributed by atoms with E-state index in [1.54, 1.807) is 20.4 Å². The Morgan fingerprint density at radius 3 is 2.61 bits per heavy atom. The predicted molar refractivity (Wildman–Crippen MR) is 108 cm³/mol. The van der Waals surface area contributed by atoms with Crippen molar-refractivity contribution < 1.29 is 14.6 Å². The van der Waals surface area contributed by atoms with Gasteiger partial charge in [0.15, 0.2) is 0 Å². The number of rotatable bonds is 6. The molecule has 0 spiro atoms. The van der Waals surface area contributed by atoms with E-state index in [-0.39, 0.29) is 11.8 Å². The number of likely N-dealkylation sites (tertiary alicyclic amines) is 1. The van der Waals surface area contributed by atoms with Gasteiger partial charge in [0, 0.05) is 62.1 Å². The molecule has 2 aliphatic rings. The summed E-state index contributed by atoms with van der Waals surface area (Å²) in [6.07, 6.45) is 6.92. The Morgan fingerprint density at radius 1 is 1.18 bits per heavy atom. The Morgan fingerprint density at radius 2 is 1.96 bits per heavy atom. The predicted octanol–water partition coefficient (Wildman–Crippen LogP) is 3.36. The van der Waals surface area contributed by atoms with Gasteiger partial charge in [0.2, 0.25) is 0 Å². The smallest absolute Gasteiger partial charge is 0.123 e. The molecule has 28 heavy (non-hydrogen) atoms. The molecule has 5 heteroatoms. The second-order valence-electron chi connectivity index (χ2n) is 8.17. The van der Waals surface area contributed by atoms with Crippen LogP contribution in [0.4, 0.5) is 0 Å². The first kappa shape index (κ1) is 19.4. The van der Waals surface area contributed by atoms with E-state index in [1.807, 2.05) is 24.4 Å². The summed E-state index contributed by atoms with van der Waals surface area (Å²) in [6, 6.07) is 10.2. The highest BCUT2D eigenvalue weighted by Gasteiger charge is 2.51. The summed E-state index contributed by atoms with van der Waals surface area (Å²) in [4.78, 5) is 6.75. The second-order valence-corrected chi connectivity index (χ2v) is 8.17. The molecule has 2 aromatic rings. The molecule has 2 heterocycles. The van der Waals surface area contributed by atoms with Crippen molar-refractivity contribution in [2.75, 3.05) is 27.3 Å². The molecule has 150 valence electrons. The molecule has 3 atom stereocenters. The first-order valence-corrected chi connectivity index (χ1v) is 10.1. The lowest BCUT2D eigenvalue weighted by atomic mass is 9.63. The van der Waals surface area contributed by atoms with Crippen molar-refractivity contribution >= 4 is 0 Å². The molecule has 1 aliphatic carbocycles. The first-order chi connectivity index (χ1) is 13.6. The third-order valence-electron chi connectivity index (χ3n) is 6.48. The van der Waals surface area contributed by atoms with E-state index in [0.29, 0.717) is 6.61 Å². The molecule has 0 amide bonds. The molecule has 1 aliphatic heterocycles. The maximum Gasteiger partial charge on any atom is 0.123 e. The lowest BCUT2D eigenvalue weighted by Crippen LogP contribution is -2.57. The van der Waals surface area contributed by atoms with Crippen LogP contribution in [0.3, 0.4) is 0 Å². The zero-order valence-electron chi connectivity index (χ0n) is 16.8. The average Bonchev–Trinajstić information content (AvgIpc) is 2.70. The van der Waals surface area contributed by atoms with Crippen LogP contribution in [0.1, 0.15) is 36.0 Å². The summed E-state index contributed by atoms with van der Waals surface area (Å²) < 4.78 is 10.9. The number of benzene rings is 1. The van der Waals surface area contributed by atoms with Crippen molar-refractivity contribution in [1.29, 1.82) is 0 Å². The number of methoxy groups -OCH3 is 2. The van der Waals surface area contributed by atoms with Crippen LogP contribution in [0.25, 0.3) is 0 Å². The third-order valence-corrected chi connectivity index (χ3v) is 6.48. The number of hydrogen-bond acceptors (Lipinski definition) is 5. The van der Waals surface area contributed by atoms with E-state index < -0.39 is 5.60 Å². The van der Waals surface area contributed by atoms with Crippen LogP contribution in [0.2, 0.25) is 0 Å². The van der Waals surface area contributed by atoms with Gasteiger partial charge in [0.25, 0.3) is 0 Å². The molecule has 1 saturated carbocycles. The van der Waals surface area contributed by atoms with Gasteiger partial charge >= 0.3 is 0 Å². The highest BCUT2D eigenvalue weighted by Crippen LogP contribution is 2.49. The van der Waals surface area contributed by atoms with Crippen LogP contribution >= 0.6 is 0 Å². The Labute approximate surface area is 167 Å². The summed E-state index contributed by atoms with van der Waals surface area (Å²) >= 11 is 0. The second kappa shape index (κ2) is 8.19. The summed E-state index contributed by atoms with van der Waals surface area (Å²) in [6.45, 7) is 3.21. The van der Waals surface area contributed by atoms with Gasteiger partial charge in [-0.15, -0.1) is 0 Å². The Kier molecular flexibility index (Phi) is 5.67. The first-order valence-electron chi connectivity index (χ1n) is 10.1. The van der Waals surface area contributed by atoms with Gasteiger partial charge in [0.05, 0.1) is 19.3 Å². The number of aliphatic hydroxyl groups is 1. The largest absolute Gasteiger partial charge is 0.496 e. The van der Waals surface area contributed by atoms with Crippen molar-refractivity contribution in [2.24, 2.45) is 11.8 Å². The van der Waals surface area contributed by atoms with Gasteiger partial charge in [-0.25, -0.2) is 0 Å². The minimum Gasteiger partial charge on any atom is -0.496 e. The Hall–Kier alpha value is -1.95. The average molecular weight is 383 g/mol. The van der Waals surface area contributed by atoms with E-state index in [4.69, 9.17) is 9.47 Å². The monoisotopic (exact) mass is 382 g/mol. The quantitative estimate of drug-likeness (QED) is 0.830. The molecule has 0 radical (unpaired) electrons. The van der Waals surface area contributed by atoms with Crippen LogP contribution in [-0.2, 0) is 23.5 Å². The van der Waals surface area contributed by atoms with Crippen molar-refractivity contribution in [2.45, 2.75) is 38.0 Å². The number of piperidine rings is 1. The molecule has 1 N–H and O–H groups in total. The molecule has 2 fully saturated rings. The van der Waals surface area contributed by atoms with E-state index in [2.05, 4.69) is 22.0 Å². The number of fused-ring (bicyclic) bond motifs is 2. The SMILES string of the molecule is COCc1ccc(OC)c(CN2C[C@H]3CCC[C@@H](C2)C3(O)c2cccnc2)c1. The lowest BCUT2D eigenvalue weighted by Gasteiger charge is -2.53. The van der Waals surface area contributed by atoms with Gasteiger partial charge in [-0.2, -0.15) is 0 Å². The van der Waals surface area contributed by atoms with Crippen LogP contribution in [0.5, 0.6) is 5.75 Å². The maximum atomic E-state index is 11.7.